The molecule has 0 saturated carbocycles. The third-order valence-corrected chi connectivity index (χ3v) is 2.20. The van der Waals surface area contributed by atoms with Gasteiger partial charge in [-0.25, -0.2) is 0 Å². The first-order valence-corrected chi connectivity index (χ1v) is 5.00. The van der Waals surface area contributed by atoms with Gasteiger partial charge >= 0.3 is 0 Å². The minimum atomic E-state index is 0.273. The summed E-state index contributed by atoms with van der Waals surface area (Å²) in [6.07, 6.45) is 0.705. The molecule has 84 valence electrons. The van der Waals surface area contributed by atoms with Crippen LogP contribution in [0.15, 0.2) is 4.52 Å². The number of morpholine rings is 1. The van der Waals surface area contributed by atoms with Crippen molar-refractivity contribution >= 4 is 0 Å². The van der Waals surface area contributed by atoms with E-state index in [2.05, 4.69) is 15.5 Å². The Hall–Kier alpha value is -0.980. The van der Waals surface area contributed by atoms with E-state index in [0.717, 1.165) is 13.2 Å². The summed E-state index contributed by atoms with van der Waals surface area (Å²) < 4.78 is 15.3. The van der Waals surface area contributed by atoms with E-state index in [9.17, 15) is 0 Å². The number of hydrogen-bond acceptors (Lipinski definition) is 6. The minimum Gasteiger partial charge on any atom is -0.378 e. The topological polar surface area (TPSA) is 69.4 Å². The van der Waals surface area contributed by atoms with Crippen molar-refractivity contribution in [3.8, 4) is 0 Å². The fourth-order valence-corrected chi connectivity index (χ4v) is 1.52. The van der Waals surface area contributed by atoms with E-state index in [1.165, 1.54) is 0 Å². The van der Waals surface area contributed by atoms with Crippen molar-refractivity contribution < 1.29 is 14.0 Å². The zero-order chi connectivity index (χ0) is 10.5. The number of nitrogens with one attached hydrogen (secondary N) is 1. The molecule has 1 aromatic rings. The van der Waals surface area contributed by atoms with Crippen LogP contribution in [0.25, 0.3) is 0 Å². The van der Waals surface area contributed by atoms with Gasteiger partial charge < -0.3 is 19.3 Å². The summed E-state index contributed by atoms with van der Waals surface area (Å²) in [6, 6.07) is 0.273. The normalized spacial score (nSPS) is 21.8. The molecule has 0 spiro atoms. The van der Waals surface area contributed by atoms with E-state index >= 15 is 0 Å². The van der Waals surface area contributed by atoms with Gasteiger partial charge in [-0.2, -0.15) is 4.98 Å². The highest BCUT2D eigenvalue weighted by molar-refractivity contribution is 4.89. The van der Waals surface area contributed by atoms with Gasteiger partial charge in [0.1, 0.15) is 6.61 Å². The summed E-state index contributed by atoms with van der Waals surface area (Å²) in [4.78, 5) is 4.20. The average molecular weight is 213 g/mol. The Bertz CT molecular complexity index is 297. The van der Waals surface area contributed by atoms with E-state index in [0.29, 0.717) is 31.3 Å². The molecule has 1 unspecified atom stereocenters. The second-order valence-electron chi connectivity index (χ2n) is 3.47. The second-order valence-corrected chi connectivity index (χ2v) is 3.47. The lowest BCUT2D eigenvalue weighted by Gasteiger charge is -2.22. The lowest BCUT2D eigenvalue weighted by molar-refractivity contribution is 0.0744. The Morgan fingerprint density at radius 2 is 2.53 bits per heavy atom. The molecule has 2 rings (SSSR count). The summed E-state index contributed by atoms with van der Waals surface area (Å²) in [5.41, 5.74) is 0. The number of hydrogen-bond donors (Lipinski definition) is 1. The van der Waals surface area contributed by atoms with Gasteiger partial charge in [-0.15, -0.1) is 0 Å². The molecule has 1 aliphatic rings. The van der Waals surface area contributed by atoms with E-state index in [-0.39, 0.29) is 6.04 Å². The maximum absolute atomic E-state index is 5.33. The van der Waals surface area contributed by atoms with Crippen LogP contribution in [0, 0.1) is 0 Å². The van der Waals surface area contributed by atoms with Crippen LogP contribution < -0.4 is 5.32 Å². The first-order chi connectivity index (χ1) is 7.38. The van der Waals surface area contributed by atoms with Gasteiger partial charge in [0.15, 0.2) is 5.82 Å². The summed E-state index contributed by atoms with van der Waals surface area (Å²) in [7, 11) is 1.60. The van der Waals surface area contributed by atoms with Gasteiger partial charge in [-0.3, -0.25) is 0 Å². The zero-order valence-corrected chi connectivity index (χ0v) is 8.73. The zero-order valence-electron chi connectivity index (χ0n) is 8.73. The minimum absolute atomic E-state index is 0.273. The van der Waals surface area contributed by atoms with E-state index in [1.807, 2.05) is 0 Å². The van der Waals surface area contributed by atoms with Crippen molar-refractivity contribution in [2.45, 2.75) is 19.1 Å². The van der Waals surface area contributed by atoms with Crippen molar-refractivity contribution in [2.24, 2.45) is 0 Å². The first kappa shape index (κ1) is 10.5. The quantitative estimate of drug-likeness (QED) is 0.743. The van der Waals surface area contributed by atoms with Crippen molar-refractivity contribution in [1.29, 1.82) is 0 Å². The number of ether oxygens (including phenoxy) is 2. The summed E-state index contributed by atoms with van der Waals surface area (Å²) in [6.45, 7) is 2.74. The molecule has 15 heavy (non-hydrogen) atoms. The van der Waals surface area contributed by atoms with Crippen LogP contribution in [0.1, 0.15) is 11.7 Å². The fourth-order valence-electron chi connectivity index (χ4n) is 1.52. The predicted octanol–water partition coefficient (Wildman–Crippen LogP) is -0.253. The Balaban J connectivity index is 1.86. The maximum Gasteiger partial charge on any atom is 0.228 e. The van der Waals surface area contributed by atoms with Crippen LogP contribution in [0.5, 0.6) is 0 Å². The highest BCUT2D eigenvalue weighted by Gasteiger charge is 2.17. The molecule has 6 nitrogen and oxygen atoms in total. The van der Waals surface area contributed by atoms with Gasteiger partial charge in [0.2, 0.25) is 5.89 Å². The standard InChI is InChI=1S/C9H15N3O3/c1-13-6-8-11-9(15-12-8)4-7-5-14-3-2-10-7/h7,10H,2-6H2,1H3. The number of aromatic nitrogens is 2. The molecule has 1 saturated heterocycles. The molecule has 0 amide bonds. The molecule has 1 aromatic heterocycles. The molecular formula is C9H15N3O3. The number of methoxy groups -OCH3 is 1. The van der Waals surface area contributed by atoms with Crippen molar-refractivity contribution in [3.05, 3.63) is 11.7 Å². The van der Waals surface area contributed by atoms with Crippen LogP contribution in [0.4, 0.5) is 0 Å². The lowest BCUT2D eigenvalue weighted by Crippen LogP contribution is -2.42. The summed E-state index contributed by atoms with van der Waals surface area (Å²) in [5, 5.41) is 7.12. The Labute approximate surface area is 87.9 Å². The van der Waals surface area contributed by atoms with Crippen LogP contribution in [-0.2, 0) is 22.5 Å². The fraction of sp³-hybridized carbons (Fsp3) is 0.778. The van der Waals surface area contributed by atoms with Crippen molar-refractivity contribution in [2.75, 3.05) is 26.9 Å². The van der Waals surface area contributed by atoms with E-state index in [1.54, 1.807) is 7.11 Å². The smallest absolute Gasteiger partial charge is 0.228 e. The highest BCUT2D eigenvalue weighted by atomic mass is 16.5. The molecule has 6 heteroatoms. The Morgan fingerprint density at radius 3 is 3.27 bits per heavy atom. The average Bonchev–Trinajstić information content (AvgIpc) is 2.68. The Morgan fingerprint density at radius 1 is 1.60 bits per heavy atom. The molecule has 1 aliphatic heterocycles. The van der Waals surface area contributed by atoms with Crippen LogP contribution in [0.2, 0.25) is 0 Å². The third kappa shape index (κ3) is 2.98. The van der Waals surface area contributed by atoms with Gasteiger partial charge in [0, 0.05) is 26.1 Å². The largest absolute Gasteiger partial charge is 0.378 e. The highest BCUT2D eigenvalue weighted by Crippen LogP contribution is 2.04. The van der Waals surface area contributed by atoms with Crippen molar-refractivity contribution in [3.63, 3.8) is 0 Å². The lowest BCUT2D eigenvalue weighted by atomic mass is 10.2. The third-order valence-electron chi connectivity index (χ3n) is 2.20. The molecule has 1 N–H and O–H groups in total. The SMILES string of the molecule is COCc1noc(CC2COCCN2)n1. The summed E-state index contributed by atoms with van der Waals surface area (Å²) >= 11 is 0. The molecule has 2 heterocycles. The summed E-state index contributed by atoms with van der Waals surface area (Å²) in [5.74, 6) is 1.22. The monoisotopic (exact) mass is 213 g/mol. The van der Waals surface area contributed by atoms with E-state index in [4.69, 9.17) is 14.0 Å². The Kier molecular flexibility index (Phi) is 3.65. The van der Waals surface area contributed by atoms with Crippen LogP contribution in [-0.4, -0.2) is 43.1 Å². The van der Waals surface area contributed by atoms with Crippen LogP contribution in [0.3, 0.4) is 0 Å². The van der Waals surface area contributed by atoms with Gasteiger partial charge in [-0.1, -0.05) is 5.16 Å². The molecular weight excluding hydrogens is 198 g/mol. The molecule has 1 atom stereocenters. The van der Waals surface area contributed by atoms with Crippen LogP contribution >= 0.6 is 0 Å². The van der Waals surface area contributed by atoms with Gasteiger partial charge in [0.05, 0.1) is 13.2 Å². The number of rotatable bonds is 4. The number of nitrogens with zero attached hydrogens (tertiary/aromatic N) is 2. The van der Waals surface area contributed by atoms with Crippen molar-refractivity contribution in [1.82, 2.24) is 15.5 Å². The van der Waals surface area contributed by atoms with E-state index < -0.39 is 0 Å². The van der Waals surface area contributed by atoms with Gasteiger partial charge in [0.25, 0.3) is 0 Å². The van der Waals surface area contributed by atoms with Gasteiger partial charge in [-0.05, 0) is 0 Å². The maximum atomic E-state index is 5.33. The molecule has 0 bridgehead atoms. The second kappa shape index (κ2) is 5.20. The molecule has 0 aromatic carbocycles. The molecule has 1 fully saturated rings. The molecule has 0 aliphatic carbocycles. The first-order valence-electron chi connectivity index (χ1n) is 5.00. The predicted molar refractivity (Wildman–Crippen MR) is 51.3 cm³/mol. The molecule has 0 radical (unpaired) electrons.